The zero-order valence-corrected chi connectivity index (χ0v) is 19.1. The summed E-state index contributed by atoms with van der Waals surface area (Å²) in [6.07, 6.45) is 4.49. The molecule has 1 amide bonds. The number of carboxylic acid groups (broad SMARTS) is 1. The van der Waals surface area contributed by atoms with Gasteiger partial charge in [0.25, 0.3) is 0 Å². The average Bonchev–Trinajstić information content (AvgIpc) is 3.12. The summed E-state index contributed by atoms with van der Waals surface area (Å²) in [6.45, 7) is 3.42. The fourth-order valence-electron chi connectivity index (χ4n) is 5.46. The number of carbonyl (C=O) groups is 2. The number of carboxylic acids is 1. The molecule has 8 heteroatoms. The van der Waals surface area contributed by atoms with Crippen molar-refractivity contribution >= 4 is 22.9 Å². The summed E-state index contributed by atoms with van der Waals surface area (Å²) in [5, 5.41) is 10.2. The minimum atomic E-state index is -0.776. The lowest BCUT2D eigenvalue weighted by Crippen LogP contribution is -2.46. The number of likely N-dealkylation sites (tertiary alicyclic amines) is 1. The molecule has 0 bridgehead atoms. The smallest absolute Gasteiger partial charge is 0.303 e. The first kappa shape index (κ1) is 22.5. The van der Waals surface area contributed by atoms with Crippen molar-refractivity contribution in [3.63, 3.8) is 0 Å². The number of aliphatic carboxylic acids is 1. The number of aromatic nitrogens is 2. The monoisotopic (exact) mass is 464 g/mol. The third-order valence-corrected chi connectivity index (χ3v) is 7.02. The molecule has 0 radical (unpaired) electrons. The first-order valence-corrected chi connectivity index (χ1v) is 11.9. The largest absolute Gasteiger partial charge is 0.481 e. The van der Waals surface area contributed by atoms with E-state index in [9.17, 15) is 14.0 Å². The lowest BCUT2D eigenvalue weighted by atomic mass is 9.95. The van der Waals surface area contributed by atoms with Gasteiger partial charge in [-0.05, 0) is 67.1 Å². The summed E-state index contributed by atoms with van der Waals surface area (Å²) >= 11 is 0. The number of hydrogen-bond acceptors (Lipinski definition) is 4. The Hall–Kier alpha value is -3.26. The Morgan fingerprint density at radius 1 is 1.18 bits per heavy atom. The Morgan fingerprint density at radius 3 is 2.88 bits per heavy atom. The standard InChI is InChI=1S/C26H29FN4O3/c27-20-6-1-4-18(12-20)15-31-23-16-30(11-8-21(23)22-7-2-9-28-26(22)31)24(32)17-29-10-3-5-19(14-29)13-25(33)34/h1-2,4,6-7,9,12,19H,3,5,8,10-11,13-17H2,(H,33,34). The maximum atomic E-state index is 13.8. The third kappa shape index (κ3) is 4.68. The molecule has 1 atom stereocenters. The molecule has 0 saturated carbocycles. The molecule has 1 N–H and O–H groups in total. The zero-order chi connectivity index (χ0) is 23.7. The van der Waals surface area contributed by atoms with Gasteiger partial charge in [-0.3, -0.25) is 14.5 Å². The molecule has 2 aliphatic rings. The van der Waals surface area contributed by atoms with Gasteiger partial charge in [-0.1, -0.05) is 12.1 Å². The fraction of sp³-hybridized carbons (Fsp3) is 0.423. The van der Waals surface area contributed by atoms with Crippen LogP contribution in [0.25, 0.3) is 11.0 Å². The maximum Gasteiger partial charge on any atom is 0.303 e. The van der Waals surface area contributed by atoms with Gasteiger partial charge >= 0.3 is 5.97 Å². The van der Waals surface area contributed by atoms with E-state index in [1.165, 1.54) is 17.7 Å². The first-order chi connectivity index (χ1) is 16.5. The van der Waals surface area contributed by atoms with Crippen molar-refractivity contribution in [2.45, 2.75) is 38.8 Å². The van der Waals surface area contributed by atoms with Gasteiger partial charge in [0.15, 0.2) is 0 Å². The number of nitrogens with zero attached hydrogens (tertiary/aromatic N) is 4. The van der Waals surface area contributed by atoms with E-state index in [-0.39, 0.29) is 24.1 Å². The highest BCUT2D eigenvalue weighted by Gasteiger charge is 2.29. The highest BCUT2D eigenvalue weighted by molar-refractivity contribution is 5.84. The number of fused-ring (bicyclic) bond motifs is 3. The molecule has 4 heterocycles. The van der Waals surface area contributed by atoms with Crippen LogP contribution in [0.3, 0.4) is 0 Å². The van der Waals surface area contributed by atoms with E-state index in [1.54, 1.807) is 12.3 Å². The Morgan fingerprint density at radius 2 is 2.06 bits per heavy atom. The van der Waals surface area contributed by atoms with Gasteiger partial charge in [0, 0.05) is 43.3 Å². The maximum absolute atomic E-state index is 13.8. The molecule has 2 aromatic heterocycles. The topological polar surface area (TPSA) is 78.7 Å². The van der Waals surface area contributed by atoms with E-state index in [1.807, 2.05) is 17.0 Å². The van der Waals surface area contributed by atoms with E-state index in [2.05, 4.69) is 20.5 Å². The van der Waals surface area contributed by atoms with E-state index in [4.69, 9.17) is 5.11 Å². The minimum Gasteiger partial charge on any atom is -0.481 e. The van der Waals surface area contributed by atoms with Crippen molar-refractivity contribution in [1.82, 2.24) is 19.4 Å². The molecule has 1 fully saturated rings. The number of carbonyl (C=O) groups excluding carboxylic acids is 1. The SMILES string of the molecule is O=C(O)CC1CCCN(CC(=O)N2CCc3c(n(Cc4cccc(F)c4)c4ncccc34)C2)C1. The van der Waals surface area contributed by atoms with Crippen LogP contribution in [0, 0.1) is 11.7 Å². The Kier molecular flexibility index (Phi) is 6.32. The molecule has 2 aliphatic heterocycles. The quantitative estimate of drug-likeness (QED) is 0.606. The third-order valence-electron chi connectivity index (χ3n) is 7.02. The minimum absolute atomic E-state index is 0.0668. The van der Waals surface area contributed by atoms with E-state index in [0.29, 0.717) is 32.7 Å². The molecule has 5 rings (SSSR count). The van der Waals surface area contributed by atoms with Crippen molar-refractivity contribution in [2.75, 3.05) is 26.2 Å². The molecular weight excluding hydrogens is 435 g/mol. The summed E-state index contributed by atoms with van der Waals surface area (Å²) in [5.41, 5.74) is 3.98. The molecule has 1 unspecified atom stereocenters. The predicted octanol–water partition coefficient (Wildman–Crippen LogP) is 3.30. The van der Waals surface area contributed by atoms with Gasteiger partial charge in [-0.15, -0.1) is 0 Å². The second kappa shape index (κ2) is 9.54. The number of amides is 1. The molecule has 3 aromatic rings. The van der Waals surface area contributed by atoms with Gasteiger partial charge < -0.3 is 14.6 Å². The van der Waals surface area contributed by atoms with Gasteiger partial charge in [0.05, 0.1) is 13.1 Å². The highest BCUT2D eigenvalue weighted by Crippen LogP contribution is 2.31. The molecular formula is C26H29FN4O3. The summed E-state index contributed by atoms with van der Waals surface area (Å²) in [4.78, 5) is 32.9. The van der Waals surface area contributed by atoms with Crippen molar-refractivity contribution in [3.05, 3.63) is 65.2 Å². The Bertz CT molecular complexity index is 1220. The molecule has 0 aliphatic carbocycles. The normalized spacial score (nSPS) is 18.7. The zero-order valence-electron chi connectivity index (χ0n) is 19.1. The van der Waals surface area contributed by atoms with Crippen LogP contribution >= 0.6 is 0 Å². The van der Waals surface area contributed by atoms with Gasteiger partial charge in [-0.2, -0.15) is 0 Å². The summed E-state index contributed by atoms with van der Waals surface area (Å²) in [5.74, 6) is -0.874. The predicted molar refractivity (Wildman–Crippen MR) is 126 cm³/mol. The van der Waals surface area contributed by atoms with Crippen LogP contribution < -0.4 is 0 Å². The number of hydrogen-bond donors (Lipinski definition) is 1. The summed E-state index contributed by atoms with van der Waals surface area (Å²) < 4.78 is 15.9. The van der Waals surface area contributed by atoms with Crippen LogP contribution in [0.15, 0.2) is 42.6 Å². The lowest BCUT2D eigenvalue weighted by Gasteiger charge is -2.34. The van der Waals surface area contributed by atoms with Crippen LogP contribution in [0.1, 0.15) is 36.1 Å². The molecule has 1 saturated heterocycles. The van der Waals surface area contributed by atoms with Crippen molar-refractivity contribution in [3.8, 4) is 0 Å². The molecule has 7 nitrogen and oxygen atoms in total. The lowest BCUT2D eigenvalue weighted by molar-refractivity contribution is -0.138. The number of rotatable bonds is 6. The molecule has 178 valence electrons. The van der Waals surface area contributed by atoms with Crippen molar-refractivity contribution in [1.29, 1.82) is 0 Å². The van der Waals surface area contributed by atoms with E-state index < -0.39 is 5.97 Å². The molecule has 34 heavy (non-hydrogen) atoms. The summed E-state index contributed by atoms with van der Waals surface area (Å²) in [7, 11) is 0. The fourth-order valence-corrected chi connectivity index (χ4v) is 5.46. The number of benzene rings is 1. The Balaban J connectivity index is 1.35. The average molecular weight is 465 g/mol. The van der Waals surface area contributed by atoms with Crippen molar-refractivity contribution in [2.24, 2.45) is 5.92 Å². The summed E-state index contributed by atoms with van der Waals surface area (Å²) in [6, 6.07) is 10.6. The first-order valence-electron chi connectivity index (χ1n) is 11.9. The van der Waals surface area contributed by atoms with Crippen LogP contribution in [0.5, 0.6) is 0 Å². The van der Waals surface area contributed by atoms with Crippen LogP contribution in [0.4, 0.5) is 4.39 Å². The van der Waals surface area contributed by atoms with Crippen LogP contribution in [0.2, 0.25) is 0 Å². The second-order valence-electron chi connectivity index (χ2n) is 9.42. The van der Waals surface area contributed by atoms with Crippen molar-refractivity contribution < 1.29 is 19.1 Å². The van der Waals surface area contributed by atoms with E-state index in [0.717, 1.165) is 48.1 Å². The van der Waals surface area contributed by atoms with Crippen LogP contribution in [-0.2, 0) is 29.1 Å². The second-order valence-corrected chi connectivity index (χ2v) is 9.42. The van der Waals surface area contributed by atoms with E-state index >= 15 is 0 Å². The van der Waals surface area contributed by atoms with Gasteiger partial charge in [0.1, 0.15) is 11.5 Å². The Labute approximate surface area is 197 Å². The number of pyridine rings is 1. The number of halogens is 1. The highest BCUT2D eigenvalue weighted by atomic mass is 19.1. The van der Waals surface area contributed by atoms with Crippen LogP contribution in [-0.4, -0.2) is 62.5 Å². The number of piperidine rings is 1. The molecule has 1 aromatic carbocycles. The van der Waals surface area contributed by atoms with Gasteiger partial charge in [-0.25, -0.2) is 9.37 Å². The molecule has 0 spiro atoms. The van der Waals surface area contributed by atoms with Gasteiger partial charge in [0.2, 0.25) is 5.91 Å².